The normalized spacial score (nSPS) is 28.6. The van der Waals surface area contributed by atoms with Gasteiger partial charge < -0.3 is 14.2 Å². The van der Waals surface area contributed by atoms with Crippen molar-refractivity contribution in [1.29, 1.82) is 0 Å². The van der Waals surface area contributed by atoms with E-state index < -0.39 is 0 Å². The number of alkyl halides is 1. The van der Waals surface area contributed by atoms with Crippen molar-refractivity contribution in [1.82, 2.24) is 0 Å². The zero-order chi connectivity index (χ0) is 7.94. The minimum atomic E-state index is 0.400. The van der Waals surface area contributed by atoms with Crippen molar-refractivity contribution in [3.05, 3.63) is 0 Å². The van der Waals surface area contributed by atoms with Crippen LogP contribution in [0.4, 0.5) is 0 Å². The summed E-state index contributed by atoms with van der Waals surface area (Å²) in [6, 6.07) is 0. The van der Waals surface area contributed by atoms with Crippen molar-refractivity contribution in [2.45, 2.75) is 6.10 Å². The summed E-state index contributed by atoms with van der Waals surface area (Å²) in [5.74, 6) is 0.667. The average Bonchev–Trinajstić information content (AvgIpc) is 2.93. The summed E-state index contributed by atoms with van der Waals surface area (Å²) in [6.07, 6.45) is 0.400. The lowest BCUT2D eigenvalue weighted by atomic mass is 10.6. The first-order valence-electron chi connectivity index (χ1n) is 3.76. The van der Waals surface area contributed by atoms with Gasteiger partial charge in [0, 0.05) is 0 Å². The Bertz CT molecular complexity index is 80.2. The molecule has 3 nitrogen and oxygen atoms in total. The Hall–Kier alpha value is 0.170. The molecule has 0 aliphatic carbocycles. The lowest BCUT2D eigenvalue weighted by Gasteiger charge is -1.67. The van der Waals surface area contributed by atoms with Gasteiger partial charge in [0.05, 0.1) is 45.0 Å². The molecular formula is C7H13ClO3. The first kappa shape index (κ1) is 9.26. The molecule has 3 aliphatic rings. The molecule has 3 fully saturated rings. The molecule has 0 radical (unpaired) electrons. The summed E-state index contributed by atoms with van der Waals surface area (Å²) in [5, 5.41) is 0. The Morgan fingerprint density at radius 2 is 1.45 bits per heavy atom. The van der Waals surface area contributed by atoms with E-state index in [0.29, 0.717) is 12.0 Å². The summed E-state index contributed by atoms with van der Waals surface area (Å²) in [6.45, 7) is 4.88. The summed E-state index contributed by atoms with van der Waals surface area (Å²) < 4.78 is 13.7. The fourth-order valence-corrected chi connectivity index (χ4v) is 0.335. The van der Waals surface area contributed by atoms with Crippen LogP contribution in [0.15, 0.2) is 0 Å². The van der Waals surface area contributed by atoms with Gasteiger partial charge in [0.15, 0.2) is 0 Å². The molecule has 0 amide bonds. The maximum atomic E-state index is 5.27. The third-order valence-corrected chi connectivity index (χ3v) is 1.33. The Morgan fingerprint density at radius 1 is 1.09 bits per heavy atom. The van der Waals surface area contributed by atoms with Crippen LogP contribution >= 0.6 is 11.6 Å². The van der Waals surface area contributed by atoms with E-state index in [1.165, 1.54) is 0 Å². The van der Waals surface area contributed by atoms with Crippen molar-refractivity contribution >= 4 is 11.6 Å². The quantitative estimate of drug-likeness (QED) is 0.440. The van der Waals surface area contributed by atoms with Crippen LogP contribution in [-0.4, -0.2) is 45.0 Å². The molecule has 3 heterocycles. The molecule has 3 rings (SSSR count). The van der Waals surface area contributed by atoms with Crippen molar-refractivity contribution in [3.8, 4) is 0 Å². The maximum Gasteiger partial charge on any atom is 0.0944 e. The molecule has 0 spiro atoms. The van der Waals surface area contributed by atoms with Crippen molar-refractivity contribution < 1.29 is 14.2 Å². The number of hydrogen-bond donors (Lipinski definition) is 0. The predicted molar refractivity (Wildman–Crippen MR) is 42.1 cm³/mol. The van der Waals surface area contributed by atoms with Gasteiger partial charge in [-0.05, 0) is 0 Å². The first-order valence-corrected chi connectivity index (χ1v) is 4.30. The molecule has 0 bridgehead atoms. The van der Waals surface area contributed by atoms with E-state index in [2.05, 4.69) is 9.47 Å². The summed E-state index contributed by atoms with van der Waals surface area (Å²) >= 11 is 5.27. The Labute approximate surface area is 71.6 Å². The maximum absolute atomic E-state index is 5.27. The highest BCUT2D eigenvalue weighted by molar-refractivity contribution is 6.18. The number of halogens is 1. The minimum absolute atomic E-state index is 0.400. The first-order chi connectivity index (χ1) is 5.43. The van der Waals surface area contributed by atoms with Crippen molar-refractivity contribution in [2.24, 2.45) is 0 Å². The van der Waals surface area contributed by atoms with E-state index in [9.17, 15) is 0 Å². The molecule has 1 atom stereocenters. The smallest absolute Gasteiger partial charge is 0.0944 e. The van der Waals surface area contributed by atoms with E-state index in [1.807, 2.05) is 0 Å². The van der Waals surface area contributed by atoms with Gasteiger partial charge in [0.25, 0.3) is 0 Å². The molecule has 0 aromatic heterocycles. The highest BCUT2D eigenvalue weighted by Crippen LogP contribution is 2.08. The molecule has 0 aromatic carbocycles. The second-order valence-electron chi connectivity index (χ2n) is 2.33. The van der Waals surface area contributed by atoms with E-state index in [0.717, 1.165) is 33.0 Å². The third-order valence-electron chi connectivity index (χ3n) is 0.983. The molecule has 3 aliphatic heterocycles. The lowest BCUT2D eigenvalue weighted by molar-refractivity contribution is 0.425. The molecule has 0 N–H and O–H groups in total. The van der Waals surface area contributed by atoms with Gasteiger partial charge in [-0.1, -0.05) is 0 Å². The van der Waals surface area contributed by atoms with Crippen LogP contribution in [0.25, 0.3) is 0 Å². The van der Waals surface area contributed by atoms with E-state index in [1.54, 1.807) is 0 Å². The Kier molecular flexibility index (Phi) is 4.86. The molecular weight excluding hydrogens is 168 g/mol. The third kappa shape index (κ3) is 13.2. The molecule has 3 saturated heterocycles. The standard InChI is InChI=1S/C3H5ClO.2C2H4O/c4-1-3-2-5-3;2*1-2-3-1/h3H,1-2H2;2*1-2H2. The summed E-state index contributed by atoms with van der Waals surface area (Å²) in [7, 11) is 0. The van der Waals surface area contributed by atoms with Gasteiger partial charge in [-0.2, -0.15) is 0 Å². The van der Waals surface area contributed by atoms with E-state index in [-0.39, 0.29) is 0 Å². The van der Waals surface area contributed by atoms with Crippen LogP contribution < -0.4 is 0 Å². The summed E-state index contributed by atoms with van der Waals surface area (Å²) in [4.78, 5) is 0. The Morgan fingerprint density at radius 3 is 1.45 bits per heavy atom. The zero-order valence-electron chi connectivity index (χ0n) is 6.42. The highest BCUT2D eigenvalue weighted by Gasteiger charge is 2.19. The fraction of sp³-hybridized carbons (Fsp3) is 1.00. The largest absolute Gasteiger partial charge is 0.377 e. The summed E-state index contributed by atoms with van der Waals surface area (Å²) in [5.41, 5.74) is 0. The second kappa shape index (κ2) is 5.77. The molecule has 0 aromatic rings. The van der Waals surface area contributed by atoms with Gasteiger partial charge in [-0.15, -0.1) is 11.6 Å². The van der Waals surface area contributed by atoms with E-state index >= 15 is 0 Å². The van der Waals surface area contributed by atoms with Crippen molar-refractivity contribution in [2.75, 3.05) is 38.9 Å². The molecule has 1 unspecified atom stereocenters. The van der Waals surface area contributed by atoms with Gasteiger partial charge in [-0.25, -0.2) is 0 Å². The minimum Gasteiger partial charge on any atom is -0.377 e. The SMILES string of the molecule is C1CO1.C1CO1.ClCC1CO1. The van der Waals surface area contributed by atoms with E-state index in [4.69, 9.17) is 16.3 Å². The van der Waals surface area contributed by atoms with Crippen LogP contribution in [0.5, 0.6) is 0 Å². The van der Waals surface area contributed by atoms with Crippen LogP contribution in [0, 0.1) is 0 Å². The lowest BCUT2D eigenvalue weighted by Crippen LogP contribution is -1.80. The monoisotopic (exact) mass is 180 g/mol. The number of ether oxygens (including phenoxy) is 3. The topological polar surface area (TPSA) is 37.6 Å². The number of rotatable bonds is 1. The van der Waals surface area contributed by atoms with Crippen LogP contribution in [0.1, 0.15) is 0 Å². The second-order valence-corrected chi connectivity index (χ2v) is 2.64. The van der Waals surface area contributed by atoms with Gasteiger partial charge >= 0.3 is 0 Å². The molecule has 66 valence electrons. The molecule has 0 saturated carbocycles. The molecule has 11 heavy (non-hydrogen) atoms. The average molecular weight is 181 g/mol. The van der Waals surface area contributed by atoms with Crippen LogP contribution in [0.2, 0.25) is 0 Å². The number of epoxide rings is 3. The molecule has 4 heteroatoms. The fourth-order valence-electron chi connectivity index (χ4n) is 0.157. The van der Waals surface area contributed by atoms with Crippen molar-refractivity contribution in [3.63, 3.8) is 0 Å². The highest BCUT2D eigenvalue weighted by atomic mass is 35.5. The predicted octanol–water partition coefficient (Wildman–Crippen LogP) is 0.657. The van der Waals surface area contributed by atoms with Crippen LogP contribution in [0.3, 0.4) is 0 Å². The van der Waals surface area contributed by atoms with Gasteiger partial charge in [0.2, 0.25) is 0 Å². The zero-order valence-corrected chi connectivity index (χ0v) is 7.18. The number of hydrogen-bond acceptors (Lipinski definition) is 3. The van der Waals surface area contributed by atoms with Gasteiger partial charge in [-0.3, -0.25) is 0 Å². The van der Waals surface area contributed by atoms with Gasteiger partial charge in [0.1, 0.15) is 0 Å². The Balaban J connectivity index is 0.0000000871. The van der Waals surface area contributed by atoms with Crippen LogP contribution in [-0.2, 0) is 14.2 Å².